The number of carbonyl (C=O) groups is 2. The van der Waals surface area contributed by atoms with Crippen LogP contribution in [-0.4, -0.2) is 34.1 Å². The summed E-state index contributed by atoms with van der Waals surface area (Å²) >= 11 is 1.26. The Bertz CT molecular complexity index is 423. The Hall–Kier alpha value is -1.47. The zero-order valence-corrected chi connectivity index (χ0v) is 10.5. The van der Waals surface area contributed by atoms with Gasteiger partial charge in [0, 0.05) is 18.3 Å². The normalized spacial score (nSPS) is 11.2. The van der Waals surface area contributed by atoms with Gasteiger partial charge in [0.2, 0.25) is 5.91 Å². The molecule has 4 N–H and O–H groups in total. The number of amides is 1. The number of aromatic nitrogens is 1. The molecular weight excluding hydrogens is 242 g/mol. The van der Waals surface area contributed by atoms with E-state index in [1.807, 2.05) is 0 Å². The van der Waals surface area contributed by atoms with Crippen LogP contribution in [0.25, 0.3) is 0 Å². The SMILES string of the molecule is CC(C)(N)C(=O)NCCc1nc(C(=O)O)cs1. The number of rotatable bonds is 5. The zero-order chi connectivity index (χ0) is 13.1. The zero-order valence-electron chi connectivity index (χ0n) is 9.69. The van der Waals surface area contributed by atoms with E-state index in [9.17, 15) is 9.59 Å². The van der Waals surface area contributed by atoms with Crippen LogP contribution >= 0.6 is 11.3 Å². The highest BCUT2D eigenvalue weighted by Gasteiger charge is 2.21. The molecule has 6 nitrogen and oxygen atoms in total. The van der Waals surface area contributed by atoms with Crippen molar-refractivity contribution in [1.82, 2.24) is 10.3 Å². The van der Waals surface area contributed by atoms with Crippen molar-refractivity contribution in [3.8, 4) is 0 Å². The molecule has 0 aliphatic rings. The maximum absolute atomic E-state index is 11.4. The van der Waals surface area contributed by atoms with Gasteiger partial charge < -0.3 is 16.2 Å². The minimum absolute atomic E-state index is 0.0375. The molecule has 0 aromatic carbocycles. The second-order valence-electron chi connectivity index (χ2n) is 4.16. The van der Waals surface area contributed by atoms with Gasteiger partial charge >= 0.3 is 5.97 Å². The quantitative estimate of drug-likeness (QED) is 0.700. The molecule has 1 aromatic heterocycles. The first kappa shape index (κ1) is 13.6. The van der Waals surface area contributed by atoms with Crippen molar-refractivity contribution in [1.29, 1.82) is 0 Å². The first-order valence-electron chi connectivity index (χ1n) is 5.05. The van der Waals surface area contributed by atoms with E-state index < -0.39 is 11.5 Å². The summed E-state index contributed by atoms with van der Waals surface area (Å²) in [5.41, 5.74) is 4.73. The van der Waals surface area contributed by atoms with Gasteiger partial charge in [0.1, 0.15) is 0 Å². The third kappa shape index (κ3) is 4.12. The van der Waals surface area contributed by atoms with Crippen molar-refractivity contribution in [2.75, 3.05) is 6.54 Å². The maximum atomic E-state index is 11.4. The number of nitrogens with one attached hydrogen (secondary N) is 1. The molecule has 1 aromatic rings. The summed E-state index contributed by atoms with van der Waals surface area (Å²) in [6.45, 7) is 3.63. The lowest BCUT2D eigenvalue weighted by Crippen LogP contribution is -2.49. The highest BCUT2D eigenvalue weighted by atomic mass is 32.1. The fourth-order valence-electron chi connectivity index (χ4n) is 1.03. The standard InChI is InChI=1S/C10H15N3O3S/c1-10(2,11)9(16)12-4-3-7-13-6(5-17-7)8(14)15/h5H,3-4,11H2,1-2H3,(H,12,16)(H,14,15). The topological polar surface area (TPSA) is 105 Å². The molecule has 1 rings (SSSR count). The number of nitrogens with zero attached hydrogens (tertiary/aromatic N) is 1. The number of carboxylic acids is 1. The van der Waals surface area contributed by atoms with Gasteiger partial charge in [0.15, 0.2) is 5.69 Å². The lowest BCUT2D eigenvalue weighted by atomic mass is 10.1. The van der Waals surface area contributed by atoms with Crippen molar-refractivity contribution in [2.24, 2.45) is 5.73 Å². The summed E-state index contributed by atoms with van der Waals surface area (Å²) in [5, 5.41) is 13.5. The second kappa shape index (κ2) is 5.24. The summed E-state index contributed by atoms with van der Waals surface area (Å²) in [4.78, 5) is 25.9. The lowest BCUT2D eigenvalue weighted by Gasteiger charge is -2.17. The van der Waals surface area contributed by atoms with Gasteiger partial charge in [-0.05, 0) is 13.8 Å². The molecule has 0 saturated heterocycles. The molecule has 1 heterocycles. The first-order valence-corrected chi connectivity index (χ1v) is 5.93. The number of carboxylic acid groups (broad SMARTS) is 1. The van der Waals surface area contributed by atoms with Gasteiger partial charge in [-0.1, -0.05) is 0 Å². The van der Waals surface area contributed by atoms with Crippen LogP contribution in [0.4, 0.5) is 0 Å². The van der Waals surface area contributed by atoms with Crippen LogP contribution in [0, 0.1) is 0 Å². The third-order valence-electron chi connectivity index (χ3n) is 1.98. The molecule has 0 bridgehead atoms. The van der Waals surface area contributed by atoms with Gasteiger partial charge in [-0.3, -0.25) is 4.79 Å². The van der Waals surface area contributed by atoms with Crippen LogP contribution in [0.5, 0.6) is 0 Å². The van der Waals surface area contributed by atoms with E-state index in [0.29, 0.717) is 18.0 Å². The molecule has 94 valence electrons. The fourth-order valence-corrected chi connectivity index (χ4v) is 1.81. The minimum Gasteiger partial charge on any atom is -0.476 e. The van der Waals surface area contributed by atoms with Crippen molar-refractivity contribution >= 4 is 23.2 Å². The van der Waals surface area contributed by atoms with E-state index in [-0.39, 0.29) is 11.6 Å². The summed E-state index contributed by atoms with van der Waals surface area (Å²) in [6.07, 6.45) is 0.500. The highest BCUT2D eigenvalue weighted by Crippen LogP contribution is 2.10. The molecule has 0 fully saturated rings. The van der Waals surface area contributed by atoms with E-state index in [4.69, 9.17) is 10.8 Å². The maximum Gasteiger partial charge on any atom is 0.355 e. The van der Waals surface area contributed by atoms with Crippen LogP contribution in [0.3, 0.4) is 0 Å². The largest absolute Gasteiger partial charge is 0.476 e. The highest BCUT2D eigenvalue weighted by molar-refractivity contribution is 7.09. The second-order valence-corrected chi connectivity index (χ2v) is 5.10. The van der Waals surface area contributed by atoms with Crippen LogP contribution in [0.1, 0.15) is 29.3 Å². The summed E-state index contributed by atoms with van der Waals surface area (Å²) in [7, 11) is 0. The average molecular weight is 257 g/mol. The predicted octanol–water partition coefficient (Wildman–Crippen LogP) is 0.237. The molecule has 0 aliphatic heterocycles. The number of hydrogen-bond acceptors (Lipinski definition) is 5. The molecule has 0 atom stereocenters. The van der Waals surface area contributed by atoms with Gasteiger partial charge in [0.05, 0.1) is 10.5 Å². The lowest BCUT2D eigenvalue weighted by molar-refractivity contribution is -0.125. The van der Waals surface area contributed by atoms with Crippen LogP contribution in [0.2, 0.25) is 0 Å². The molecule has 0 radical (unpaired) electrons. The Morgan fingerprint density at radius 3 is 2.71 bits per heavy atom. The van der Waals surface area contributed by atoms with Crippen molar-refractivity contribution in [2.45, 2.75) is 25.8 Å². The first-order chi connectivity index (χ1) is 7.80. The van der Waals surface area contributed by atoms with Crippen LogP contribution in [-0.2, 0) is 11.2 Å². The molecule has 0 spiro atoms. The molecule has 17 heavy (non-hydrogen) atoms. The number of nitrogens with two attached hydrogens (primary N) is 1. The number of aromatic carboxylic acids is 1. The minimum atomic E-state index is -1.04. The van der Waals surface area contributed by atoms with E-state index in [0.717, 1.165) is 0 Å². The van der Waals surface area contributed by atoms with E-state index in [2.05, 4.69) is 10.3 Å². The number of thiazole rings is 1. The van der Waals surface area contributed by atoms with Gasteiger partial charge in [-0.25, -0.2) is 9.78 Å². The number of hydrogen-bond donors (Lipinski definition) is 3. The van der Waals surface area contributed by atoms with Crippen molar-refractivity contribution < 1.29 is 14.7 Å². The van der Waals surface area contributed by atoms with Gasteiger partial charge in [-0.2, -0.15) is 0 Å². The monoisotopic (exact) mass is 257 g/mol. The molecule has 1 amide bonds. The van der Waals surface area contributed by atoms with E-state index in [1.165, 1.54) is 16.7 Å². The van der Waals surface area contributed by atoms with Crippen molar-refractivity contribution in [3.05, 3.63) is 16.1 Å². The molecule has 0 aliphatic carbocycles. The van der Waals surface area contributed by atoms with E-state index in [1.54, 1.807) is 13.8 Å². The van der Waals surface area contributed by atoms with E-state index >= 15 is 0 Å². The Balaban J connectivity index is 2.41. The Morgan fingerprint density at radius 1 is 1.59 bits per heavy atom. The van der Waals surface area contributed by atoms with Crippen LogP contribution in [0.15, 0.2) is 5.38 Å². The molecule has 0 unspecified atom stereocenters. The predicted molar refractivity (Wildman–Crippen MR) is 64.1 cm³/mol. The van der Waals surface area contributed by atoms with Crippen LogP contribution < -0.4 is 11.1 Å². The summed E-state index contributed by atoms with van der Waals surface area (Å²) < 4.78 is 0. The smallest absolute Gasteiger partial charge is 0.355 e. The van der Waals surface area contributed by atoms with Gasteiger partial charge in [-0.15, -0.1) is 11.3 Å². The fraction of sp³-hybridized carbons (Fsp3) is 0.500. The Labute approximate surface area is 103 Å². The third-order valence-corrected chi connectivity index (χ3v) is 2.89. The number of carbonyl (C=O) groups excluding carboxylic acids is 1. The molecule has 0 saturated carbocycles. The molecule has 7 heteroatoms. The average Bonchev–Trinajstić information content (AvgIpc) is 2.64. The van der Waals surface area contributed by atoms with Crippen molar-refractivity contribution in [3.63, 3.8) is 0 Å². The van der Waals surface area contributed by atoms with Gasteiger partial charge in [0.25, 0.3) is 0 Å². The Morgan fingerprint density at radius 2 is 2.24 bits per heavy atom. The summed E-state index contributed by atoms with van der Waals surface area (Å²) in [6, 6.07) is 0. The Kier molecular flexibility index (Phi) is 4.19. The molecular formula is C10H15N3O3S. The summed E-state index contributed by atoms with van der Waals surface area (Å²) in [5.74, 6) is -1.29.